The monoisotopic (exact) mass is 192 g/mol. The Hall–Kier alpha value is -1.62. The van der Waals surface area contributed by atoms with E-state index >= 15 is 0 Å². The summed E-state index contributed by atoms with van der Waals surface area (Å²) in [5.41, 5.74) is 7.25. The van der Waals surface area contributed by atoms with Crippen molar-refractivity contribution in [1.82, 2.24) is 14.8 Å². The van der Waals surface area contributed by atoms with E-state index in [-0.39, 0.29) is 0 Å². The molecule has 3 N–H and O–H groups in total. The molecule has 1 aromatic heterocycles. The number of nitrogen functional groups attached to an aromatic ring is 1. The van der Waals surface area contributed by atoms with E-state index in [0.29, 0.717) is 4.77 Å². The predicted molar refractivity (Wildman–Crippen MR) is 53.2 cm³/mol. The molecule has 0 bridgehead atoms. The van der Waals surface area contributed by atoms with Crippen LogP contribution in [0, 0.1) is 4.77 Å². The molecule has 0 radical (unpaired) electrons. The summed E-state index contributed by atoms with van der Waals surface area (Å²) in [5, 5.41) is 6.50. The number of nitrogens with zero attached hydrogens (tertiary/aromatic N) is 2. The summed E-state index contributed by atoms with van der Waals surface area (Å²) in [6.45, 7) is 0. The number of H-pyrrole nitrogens is 1. The Kier molecular flexibility index (Phi) is 1.86. The molecular weight excluding hydrogens is 184 g/mol. The number of nitrogens with two attached hydrogens (primary N) is 1. The van der Waals surface area contributed by atoms with Crippen LogP contribution in [0.25, 0.3) is 5.69 Å². The van der Waals surface area contributed by atoms with E-state index in [1.807, 2.05) is 24.3 Å². The first-order valence-corrected chi connectivity index (χ1v) is 4.16. The summed E-state index contributed by atoms with van der Waals surface area (Å²) in [6.07, 6.45) is 1.63. The number of rotatable bonds is 1. The first-order chi connectivity index (χ1) is 6.27. The van der Waals surface area contributed by atoms with Crippen LogP contribution in [0.5, 0.6) is 0 Å². The zero-order chi connectivity index (χ0) is 9.26. The van der Waals surface area contributed by atoms with Crippen molar-refractivity contribution in [1.29, 1.82) is 0 Å². The van der Waals surface area contributed by atoms with E-state index in [0.717, 1.165) is 11.4 Å². The molecule has 0 unspecified atom stereocenters. The maximum absolute atomic E-state index is 5.56. The highest BCUT2D eigenvalue weighted by Gasteiger charge is 1.96. The zero-order valence-corrected chi connectivity index (χ0v) is 7.58. The quantitative estimate of drug-likeness (QED) is 0.532. The molecule has 0 aliphatic carbocycles. The molecule has 0 saturated heterocycles. The van der Waals surface area contributed by atoms with Gasteiger partial charge in [0.2, 0.25) is 0 Å². The van der Waals surface area contributed by atoms with Gasteiger partial charge < -0.3 is 5.73 Å². The van der Waals surface area contributed by atoms with Crippen LogP contribution >= 0.6 is 12.2 Å². The van der Waals surface area contributed by atoms with Crippen molar-refractivity contribution in [3.05, 3.63) is 35.4 Å². The van der Waals surface area contributed by atoms with Crippen LogP contribution in [0.15, 0.2) is 30.6 Å². The summed E-state index contributed by atoms with van der Waals surface area (Å²) in [4.78, 5) is 0. The minimum Gasteiger partial charge on any atom is -0.399 e. The molecule has 0 atom stereocenters. The summed E-state index contributed by atoms with van der Waals surface area (Å²) in [6, 6.07) is 7.43. The van der Waals surface area contributed by atoms with E-state index in [9.17, 15) is 0 Å². The predicted octanol–water partition coefficient (Wildman–Crippen LogP) is 1.51. The topological polar surface area (TPSA) is 59.6 Å². The van der Waals surface area contributed by atoms with Crippen LogP contribution in [0.1, 0.15) is 0 Å². The highest BCUT2D eigenvalue weighted by Crippen LogP contribution is 2.09. The van der Waals surface area contributed by atoms with Gasteiger partial charge in [-0.2, -0.15) is 5.10 Å². The van der Waals surface area contributed by atoms with Gasteiger partial charge in [0.1, 0.15) is 6.33 Å². The van der Waals surface area contributed by atoms with Gasteiger partial charge in [0.05, 0.1) is 0 Å². The van der Waals surface area contributed by atoms with Crippen molar-refractivity contribution in [3.63, 3.8) is 0 Å². The number of benzene rings is 1. The second kappa shape index (κ2) is 3.02. The lowest BCUT2D eigenvalue weighted by molar-refractivity contribution is 1.03. The molecular formula is C8H8N4S. The van der Waals surface area contributed by atoms with E-state index in [2.05, 4.69) is 10.2 Å². The smallest absolute Gasteiger partial charge is 0.199 e. The van der Waals surface area contributed by atoms with Gasteiger partial charge in [0.15, 0.2) is 4.77 Å². The average molecular weight is 192 g/mol. The number of nitrogens with one attached hydrogen (secondary N) is 1. The van der Waals surface area contributed by atoms with Crippen LogP contribution in [0.2, 0.25) is 0 Å². The van der Waals surface area contributed by atoms with Crippen LogP contribution in [-0.2, 0) is 0 Å². The van der Waals surface area contributed by atoms with Gasteiger partial charge in [-0.3, -0.25) is 9.67 Å². The van der Waals surface area contributed by atoms with Crippen molar-refractivity contribution in [2.45, 2.75) is 0 Å². The second-order valence-corrected chi connectivity index (χ2v) is 3.01. The minimum absolute atomic E-state index is 0.574. The van der Waals surface area contributed by atoms with Gasteiger partial charge in [0, 0.05) is 11.4 Å². The maximum atomic E-state index is 5.56. The number of hydrogen-bond acceptors (Lipinski definition) is 3. The largest absolute Gasteiger partial charge is 0.399 e. The van der Waals surface area contributed by atoms with Gasteiger partial charge in [0.25, 0.3) is 0 Å². The molecule has 2 rings (SSSR count). The van der Waals surface area contributed by atoms with Gasteiger partial charge in [-0.05, 0) is 36.5 Å². The molecule has 0 spiro atoms. The van der Waals surface area contributed by atoms with Crippen LogP contribution in [0.3, 0.4) is 0 Å². The molecule has 5 heteroatoms. The number of hydrogen-bond donors (Lipinski definition) is 2. The first kappa shape index (κ1) is 8.00. The summed E-state index contributed by atoms with van der Waals surface area (Å²) in [7, 11) is 0. The maximum Gasteiger partial charge on any atom is 0.199 e. The Balaban J connectivity index is 2.54. The molecule has 2 aromatic rings. The third-order valence-electron chi connectivity index (χ3n) is 1.72. The number of aromatic nitrogens is 3. The number of aromatic amines is 1. The van der Waals surface area contributed by atoms with Crippen molar-refractivity contribution in [2.24, 2.45) is 0 Å². The SMILES string of the molecule is Nc1ccc(-n2cn[nH]c2=S)cc1. The molecule has 0 aliphatic rings. The average Bonchev–Trinajstić information content (AvgIpc) is 2.53. The van der Waals surface area contributed by atoms with Crippen LogP contribution < -0.4 is 5.73 Å². The highest BCUT2D eigenvalue weighted by atomic mass is 32.1. The van der Waals surface area contributed by atoms with E-state index in [1.165, 1.54) is 0 Å². The molecule has 0 amide bonds. The Bertz CT molecular complexity index is 453. The van der Waals surface area contributed by atoms with Gasteiger partial charge in [-0.15, -0.1) is 0 Å². The number of anilines is 1. The molecule has 0 aliphatic heterocycles. The Morgan fingerprint density at radius 3 is 2.54 bits per heavy atom. The Morgan fingerprint density at radius 1 is 1.31 bits per heavy atom. The van der Waals surface area contributed by atoms with Gasteiger partial charge in [-0.25, -0.2) is 0 Å². The molecule has 0 fully saturated rings. The second-order valence-electron chi connectivity index (χ2n) is 2.62. The third-order valence-corrected chi connectivity index (χ3v) is 2.01. The molecule has 0 saturated carbocycles. The van der Waals surface area contributed by atoms with Crippen molar-refractivity contribution < 1.29 is 0 Å². The van der Waals surface area contributed by atoms with E-state index in [1.54, 1.807) is 10.9 Å². The van der Waals surface area contributed by atoms with Gasteiger partial charge >= 0.3 is 0 Å². The Morgan fingerprint density at radius 2 is 2.00 bits per heavy atom. The van der Waals surface area contributed by atoms with Crippen molar-refractivity contribution >= 4 is 17.9 Å². The normalized spacial score (nSPS) is 10.2. The molecule has 13 heavy (non-hydrogen) atoms. The molecule has 1 heterocycles. The Labute approximate surface area is 80.0 Å². The van der Waals surface area contributed by atoms with E-state index in [4.69, 9.17) is 18.0 Å². The van der Waals surface area contributed by atoms with Crippen molar-refractivity contribution in [2.75, 3.05) is 5.73 Å². The lowest BCUT2D eigenvalue weighted by Crippen LogP contribution is -1.92. The fourth-order valence-electron chi connectivity index (χ4n) is 1.07. The standard InChI is InChI=1S/C8H8N4S/c9-6-1-3-7(4-2-6)12-5-10-11-8(12)13/h1-5H,9H2,(H,11,13). The van der Waals surface area contributed by atoms with Crippen LogP contribution in [0.4, 0.5) is 5.69 Å². The summed E-state index contributed by atoms with van der Waals surface area (Å²) < 4.78 is 2.35. The first-order valence-electron chi connectivity index (χ1n) is 3.75. The molecule has 1 aromatic carbocycles. The molecule has 66 valence electrons. The lowest BCUT2D eigenvalue weighted by Gasteiger charge is -2.00. The fraction of sp³-hybridized carbons (Fsp3) is 0. The summed E-state index contributed by atoms with van der Waals surface area (Å²) >= 11 is 5.01. The fourth-order valence-corrected chi connectivity index (χ4v) is 1.27. The highest BCUT2D eigenvalue weighted by molar-refractivity contribution is 7.71. The third kappa shape index (κ3) is 1.46. The van der Waals surface area contributed by atoms with Crippen molar-refractivity contribution in [3.8, 4) is 5.69 Å². The van der Waals surface area contributed by atoms with E-state index < -0.39 is 0 Å². The van der Waals surface area contributed by atoms with Gasteiger partial charge in [-0.1, -0.05) is 0 Å². The zero-order valence-electron chi connectivity index (χ0n) is 6.77. The van der Waals surface area contributed by atoms with Crippen LogP contribution in [-0.4, -0.2) is 14.8 Å². The lowest BCUT2D eigenvalue weighted by atomic mass is 10.3. The molecule has 4 nitrogen and oxygen atoms in total. The summed E-state index contributed by atoms with van der Waals surface area (Å²) in [5.74, 6) is 0. The minimum atomic E-state index is 0.574.